The smallest absolute Gasteiger partial charge is 0.164 e. The van der Waals surface area contributed by atoms with Gasteiger partial charge in [-0.1, -0.05) is 13.8 Å². The van der Waals surface area contributed by atoms with Crippen molar-refractivity contribution in [2.45, 2.75) is 32.2 Å². The topological polar surface area (TPSA) is 49.4 Å². The number of nitrogens with one attached hydrogen (secondary N) is 1. The Morgan fingerprint density at radius 2 is 2.06 bits per heavy atom. The van der Waals surface area contributed by atoms with E-state index in [1.807, 2.05) is 0 Å². The van der Waals surface area contributed by atoms with Crippen molar-refractivity contribution in [3.05, 3.63) is 0 Å². The summed E-state index contributed by atoms with van der Waals surface area (Å²) in [4.78, 5) is 2.10. The minimum absolute atomic E-state index is 0.299. The standard InChI is InChI=1S/C12H26N2O2S2/c1-10(2)11(3)13-5-6-14-7-8-17-9-12(14)18(4,15)16/h10-13H,5-9H2,1-4H3. The zero-order chi connectivity index (χ0) is 13.8. The third-order valence-electron chi connectivity index (χ3n) is 3.55. The molecule has 1 aliphatic rings. The Morgan fingerprint density at radius 3 is 2.61 bits per heavy atom. The summed E-state index contributed by atoms with van der Waals surface area (Å²) in [6.45, 7) is 9.10. The van der Waals surface area contributed by atoms with Crippen LogP contribution in [0.25, 0.3) is 0 Å². The normalized spacial score (nSPS) is 24.4. The average Bonchev–Trinajstić information content (AvgIpc) is 2.28. The molecule has 0 aromatic heterocycles. The Balaban J connectivity index is 2.44. The summed E-state index contributed by atoms with van der Waals surface area (Å²) in [5.74, 6) is 2.34. The van der Waals surface area contributed by atoms with Crippen molar-refractivity contribution in [2.24, 2.45) is 5.92 Å². The van der Waals surface area contributed by atoms with Crippen LogP contribution in [0.5, 0.6) is 0 Å². The molecule has 1 saturated heterocycles. The molecule has 1 rings (SSSR count). The van der Waals surface area contributed by atoms with Crippen LogP contribution in [0, 0.1) is 5.92 Å². The zero-order valence-corrected chi connectivity index (χ0v) is 13.5. The molecular weight excluding hydrogens is 268 g/mol. The number of rotatable bonds is 6. The molecule has 0 amide bonds. The van der Waals surface area contributed by atoms with E-state index in [9.17, 15) is 8.42 Å². The van der Waals surface area contributed by atoms with E-state index >= 15 is 0 Å². The van der Waals surface area contributed by atoms with Crippen LogP contribution in [0.4, 0.5) is 0 Å². The van der Waals surface area contributed by atoms with Gasteiger partial charge in [0.1, 0.15) is 5.37 Å². The van der Waals surface area contributed by atoms with Crippen molar-refractivity contribution >= 4 is 21.6 Å². The summed E-state index contributed by atoms with van der Waals surface area (Å²) >= 11 is 1.74. The van der Waals surface area contributed by atoms with Crippen LogP contribution < -0.4 is 5.32 Å². The highest BCUT2D eigenvalue weighted by atomic mass is 32.2. The summed E-state index contributed by atoms with van der Waals surface area (Å²) in [6, 6.07) is 0.473. The summed E-state index contributed by atoms with van der Waals surface area (Å²) in [7, 11) is -2.96. The van der Waals surface area contributed by atoms with E-state index in [1.54, 1.807) is 11.8 Å². The molecule has 0 radical (unpaired) electrons. The summed E-state index contributed by atoms with van der Waals surface area (Å²) in [5.41, 5.74) is 0. The third kappa shape index (κ3) is 5.07. The average molecular weight is 294 g/mol. The third-order valence-corrected chi connectivity index (χ3v) is 6.24. The van der Waals surface area contributed by atoms with Gasteiger partial charge in [0.05, 0.1) is 0 Å². The van der Waals surface area contributed by atoms with Gasteiger partial charge in [-0.15, -0.1) is 0 Å². The lowest BCUT2D eigenvalue weighted by atomic mass is 10.1. The van der Waals surface area contributed by atoms with Crippen LogP contribution in [-0.4, -0.2) is 62.1 Å². The largest absolute Gasteiger partial charge is 0.313 e. The number of thioether (sulfide) groups is 1. The fraction of sp³-hybridized carbons (Fsp3) is 1.00. The molecular formula is C12H26N2O2S2. The highest BCUT2D eigenvalue weighted by molar-refractivity contribution is 8.00. The Hall–Kier alpha value is 0.220. The Bertz CT molecular complexity index is 344. The van der Waals surface area contributed by atoms with E-state index < -0.39 is 9.84 Å². The van der Waals surface area contributed by atoms with E-state index in [2.05, 4.69) is 31.0 Å². The van der Waals surface area contributed by atoms with Crippen molar-refractivity contribution < 1.29 is 8.42 Å². The van der Waals surface area contributed by atoms with Crippen molar-refractivity contribution in [1.82, 2.24) is 10.2 Å². The van der Waals surface area contributed by atoms with Crippen molar-refractivity contribution in [1.29, 1.82) is 0 Å². The van der Waals surface area contributed by atoms with Crippen LogP contribution in [0.15, 0.2) is 0 Å². The number of hydrogen-bond acceptors (Lipinski definition) is 5. The first-order valence-corrected chi connectivity index (χ1v) is 9.67. The molecule has 2 unspecified atom stereocenters. The molecule has 0 bridgehead atoms. The second kappa shape index (κ2) is 7.12. The molecule has 2 atom stereocenters. The second-order valence-corrected chi connectivity index (χ2v) is 8.73. The Labute approximate surface area is 116 Å². The zero-order valence-electron chi connectivity index (χ0n) is 11.8. The maximum Gasteiger partial charge on any atom is 0.164 e. The van der Waals surface area contributed by atoms with Gasteiger partial charge in [0.2, 0.25) is 0 Å². The fourth-order valence-corrected chi connectivity index (χ4v) is 4.91. The minimum atomic E-state index is -2.96. The Morgan fingerprint density at radius 1 is 1.39 bits per heavy atom. The summed E-state index contributed by atoms with van der Waals surface area (Å²) < 4.78 is 23.5. The first-order chi connectivity index (χ1) is 8.32. The molecule has 1 aliphatic heterocycles. The maximum atomic E-state index is 11.7. The molecule has 0 saturated carbocycles. The molecule has 18 heavy (non-hydrogen) atoms. The molecule has 1 fully saturated rings. The molecule has 0 spiro atoms. The number of sulfone groups is 1. The molecule has 1 N–H and O–H groups in total. The first kappa shape index (κ1) is 16.3. The van der Waals surface area contributed by atoms with Crippen LogP contribution in [0.2, 0.25) is 0 Å². The molecule has 108 valence electrons. The maximum absolute atomic E-state index is 11.7. The van der Waals surface area contributed by atoms with Crippen LogP contribution in [0.1, 0.15) is 20.8 Å². The van der Waals surface area contributed by atoms with Crippen LogP contribution in [0.3, 0.4) is 0 Å². The Kier molecular flexibility index (Phi) is 6.44. The molecule has 0 aliphatic carbocycles. The van der Waals surface area contributed by atoms with Gasteiger partial charge in [-0.2, -0.15) is 11.8 Å². The van der Waals surface area contributed by atoms with Crippen molar-refractivity contribution in [3.63, 3.8) is 0 Å². The second-order valence-electron chi connectivity index (χ2n) is 5.38. The van der Waals surface area contributed by atoms with Gasteiger partial charge in [0.25, 0.3) is 0 Å². The quantitative estimate of drug-likeness (QED) is 0.793. The van der Waals surface area contributed by atoms with Crippen LogP contribution in [-0.2, 0) is 9.84 Å². The van der Waals surface area contributed by atoms with E-state index in [0.29, 0.717) is 17.7 Å². The van der Waals surface area contributed by atoms with E-state index in [-0.39, 0.29) is 5.37 Å². The van der Waals surface area contributed by atoms with Crippen molar-refractivity contribution in [2.75, 3.05) is 37.4 Å². The summed E-state index contributed by atoms with van der Waals surface area (Å²) in [6.07, 6.45) is 1.35. The predicted octanol–water partition coefficient (Wildman–Crippen LogP) is 1.04. The predicted molar refractivity (Wildman–Crippen MR) is 79.8 cm³/mol. The molecule has 0 aromatic rings. The monoisotopic (exact) mass is 294 g/mol. The van der Waals surface area contributed by atoms with Gasteiger partial charge in [0, 0.05) is 43.4 Å². The van der Waals surface area contributed by atoms with Gasteiger partial charge in [-0.05, 0) is 12.8 Å². The van der Waals surface area contributed by atoms with Crippen molar-refractivity contribution in [3.8, 4) is 0 Å². The minimum Gasteiger partial charge on any atom is -0.313 e. The van der Waals surface area contributed by atoms with Crippen LogP contribution >= 0.6 is 11.8 Å². The van der Waals surface area contributed by atoms with E-state index in [0.717, 1.165) is 25.4 Å². The van der Waals surface area contributed by atoms with Gasteiger partial charge >= 0.3 is 0 Å². The van der Waals surface area contributed by atoms with Gasteiger partial charge in [-0.3, -0.25) is 4.90 Å². The molecule has 0 aromatic carbocycles. The van der Waals surface area contributed by atoms with E-state index in [4.69, 9.17) is 0 Å². The molecule has 1 heterocycles. The molecule has 4 nitrogen and oxygen atoms in total. The lowest BCUT2D eigenvalue weighted by Gasteiger charge is -2.34. The fourth-order valence-electron chi connectivity index (χ4n) is 1.94. The lowest BCUT2D eigenvalue weighted by Crippen LogP contribution is -2.49. The SMILES string of the molecule is CC(C)C(C)NCCN1CCSCC1S(C)(=O)=O. The highest BCUT2D eigenvalue weighted by Crippen LogP contribution is 2.19. The van der Waals surface area contributed by atoms with Gasteiger partial charge in [0.15, 0.2) is 9.84 Å². The number of hydrogen-bond donors (Lipinski definition) is 1. The highest BCUT2D eigenvalue weighted by Gasteiger charge is 2.30. The lowest BCUT2D eigenvalue weighted by molar-refractivity contribution is 0.262. The molecule has 6 heteroatoms. The first-order valence-electron chi connectivity index (χ1n) is 6.56. The van der Waals surface area contributed by atoms with Gasteiger partial charge in [-0.25, -0.2) is 8.42 Å². The number of nitrogens with zero attached hydrogens (tertiary/aromatic N) is 1. The van der Waals surface area contributed by atoms with Gasteiger partial charge < -0.3 is 5.32 Å². The summed E-state index contributed by atoms with van der Waals surface area (Å²) in [5, 5.41) is 3.16. The van der Waals surface area contributed by atoms with E-state index in [1.165, 1.54) is 6.26 Å².